The second-order valence-corrected chi connectivity index (χ2v) is 5.52. The number of hydrazine groups is 1. The molecular formula is C15H16FN5O3. The number of aromatic carboxylic acids is 1. The molecule has 1 fully saturated rings. The van der Waals surface area contributed by atoms with E-state index in [-0.39, 0.29) is 23.1 Å². The van der Waals surface area contributed by atoms with E-state index in [9.17, 15) is 14.0 Å². The number of carbonyl (C=O) groups is 2. The SMILES string of the molecule is Cn1cc(C(=O)O)c(C(=O)NC2CC(c3ccc(F)cc3)NN2)n1. The standard InChI is InChI=1S/C15H16FN5O3/c1-21-7-10(15(23)24)13(20-21)14(22)17-12-6-11(18-19-12)8-2-4-9(16)5-3-8/h2-5,7,11-12,18-19H,6H2,1H3,(H,17,22)(H,23,24). The third-order valence-electron chi connectivity index (χ3n) is 3.76. The summed E-state index contributed by atoms with van der Waals surface area (Å²) in [5, 5.41) is 15.7. The Morgan fingerprint density at radius 1 is 1.33 bits per heavy atom. The van der Waals surface area contributed by atoms with Crippen molar-refractivity contribution in [1.82, 2.24) is 25.9 Å². The molecule has 2 aromatic rings. The Kier molecular flexibility index (Phi) is 4.28. The van der Waals surface area contributed by atoms with Crippen LogP contribution in [0.25, 0.3) is 0 Å². The largest absolute Gasteiger partial charge is 0.478 e. The summed E-state index contributed by atoms with van der Waals surface area (Å²) in [5.41, 5.74) is 6.51. The van der Waals surface area contributed by atoms with Gasteiger partial charge >= 0.3 is 5.97 Å². The second kappa shape index (κ2) is 6.38. The summed E-state index contributed by atoms with van der Waals surface area (Å²) in [5.74, 6) is -2.10. The smallest absolute Gasteiger partial charge is 0.339 e. The highest BCUT2D eigenvalue weighted by Crippen LogP contribution is 2.21. The summed E-state index contributed by atoms with van der Waals surface area (Å²) in [4.78, 5) is 23.4. The number of benzene rings is 1. The van der Waals surface area contributed by atoms with Crippen molar-refractivity contribution in [2.75, 3.05) is 0 Å². The lowest BCUT2D eigenvalue weighted by Crippen LogP contribution is -2.44. The van der Waals surface area contributed by atoms with E-state index in [1.165, 1.54) is 23.0 Å². The van der Waals surface area contributed by atoms with E-state index in [1.807, 2.05) is 0 Å². The summed E-state index contributed by atoms with van der Waals surface area (Å²) in [7, 11) is 1.54. The summed E-state index contributed by atoms with van der Waals surface area (Å²) < 4.78 is 14.2. The summed E-state index contributed by atoms with van der Waals surface area (Å²) in [6.07, 6.45) is 1.39. The molecule has 0 bridgehead atoms. The number of hydrogen-bond donors (Lipinski definition) is 4. The van der Waals surface area contributed by atoms with Gasteiger partial charge in [-0.15, -0.1) is 0 Å². The summed E-state index contributed by atoms with van der Waals surface area (Å²) in [6, 6.07) is 5.98. The first kappa shape index (κ1) is 16.1. The van der Waals surface area contributed by atoms with Gasteiger partial charge in [0.05, 0.1) is 6.17 Å². The van der Waals surface area contributed by atoms with Crippen LogP contribution in [-0.4, -0.2) is 32.9 Å². The normalized spacial score (nSPS) is 20.1. The number of halogens is 1. The number of carboxylic acid groups (broad SMARTS) is 1. The van der Waals surface area contributed by atoms with Gasteiger partial charge in [0.1, 0.15) is 11.4 Å². The molecule has 1 aromatic carbocycles. The van der Waals surface area contributed by atoms with Crippen molar-refractivity contribution in [2.45, 2.75) is 18.6 Å². The molecule has 4 N–H and O–H groups in total. The number of nitrogens with zero attached hydrogens (tertiary/aromatic N) is 2. The first-order chi connectivity index (χ1) is 11.4. The molecule has 1 amide bonds. The van der Waals surface area contributed by atoms with Gasteiger partial charge in [-0.1, -0.05) is 12.1 Å². The number of nitrogens with one attached hydrogen (secondary N) is 3. The van der Waals surface area contributed by atoms with Gasteiger partial charge in [0.25, 0.3) is 5.91 Å². The lowest BCUT2D eigenvalue weighted by molar-refractivity contribution is 0.0690. The molecule has 2 atom stereocenters. The van der Waals surface area contributed by atoms with Crippen LogP contribution in [-0.2, 0) is 7.05 Å². The fourth-order valence-corrected chi connectivity index (χ4v) is 2.60. The van der Waals surface area contributed by atoms with E-state index in [0.717, 1.165) is 5.56 Å². The second-order valence-electron chi connectivity index (χ2n) is 5.52. The van der Waals surface area contributed by atoms with Crippen LogP contribution >= 0.6 is 0 Å². The lowest BCUT2D eigenvalue weighted by Gasteiger charge is -2.11. The van der Waals surface area contributed by atoms with Gasteiger partial charge in [-0.05, 0) is 17.7 Å². The molecule has 126 valence electrons. The average molecular weight is 333 g/mol. The van der Waals surface area contributed by atoms with Gasteiger partial charge in [0, 0.05) is 25.7 Å². The molecule has 9 heteroatoms. The Bertz CT molecular complexity index is 774. The van der Waals surface area contributed by atoms with E-state index >= 15 is 0 Å². The molecule has 2 heterocycles. The van der Waals surface area contributed by atoms with Gasteiger partial charge in [0.15, 0.2) is 5.69 Å². The Morgan fingerprint density at radius 3 is 2.71 bits per heavy atom. The van der Waals surface area contributed by atoms with E-state index in [0.29, 0.717) is 6.42 Å². The fraction of sp³-hybridized carbons (Fsp3) is 0.267. The van der Waals surface area contributed by atoms with Gasteiger partial charge in [-0.25, -0.2) is 20.0 Å². The van der Waals surface area contributed by atoms with Gasteiger partial charge in [-0.3, -0.25) is 9.48 Å². The summed E-state index contributed by atoms with van der Waals surface area (Å²) >= 11 is 0. The number of amides is 1. The first-order valence-electron chi connectivity index (χ1n) is 7.28. The molecule has 1 saturated heterocycles. The quantitative estimate of drug-likeness (QED) is 0.651. The fourth-order valence-electron chi connectivity index (χ4n) is 2.60. The predicted octanol–water partition coefficient (Wildman–Crippen LogP) is 0.552. The van der Waals surface area contributed by atoms with Crippen molar-refractivity contribution >= 4 is 11.9 Å². The topological polar surface area (TPSA) is 108 Å². The predicted molar refractivity (Wildman–Crippen MR) is 81.5 cm³/mol. The van der Waals surface area contributed by atoms with Crippen molar-refractivity contribution in [1.29, 1.82) is 0 Å². The molecule has 24 heavy (non-hydrogen) atoms. The number of carboxylic acids is 1. The van der Waals surface area contributed by atoms with Crippen LogP contribution in [0.2, 0.25) is 0 Å². The van der Waals surface area contributed by atoms with E-state index in [4.69, 9.17) is 5.11 Å². The van der Waals surface area contributed by atoms with E-state index in [2.05, 4.69) is 21.3 Å². The van der Waals surface area contributed by atoms with Gasteiger partial charge in [-0.2, -0.15) is 5.10 Å². The lowest BCUT2D eigenvalue weighted by atomic mass is 10.0. The minimum Gasteiger partial charge on any atom is -0.478 e. The number of hydrogen-bond acceptors (Lipinski definition) is 5. The van der Waals surface area contributed by atoms with Crippen molar-refractivity contribution in [3.8, 4) is 0 Å². The van der Waals surface area contributed by atoms with Crippen LogP contribution in [0, 0.1) is 5.82 Å². The minimum absolute atomic E-state index is 0.0985. The zero-order chi connectivity index (χ0) is 17.3. The molecule has 0 aliphatic carbocycles. The Balaban J connectivity index is 1.66. The summed E-state index contributed by atoms with van der Waals surface area (Å²) in [6.45, 7) is 0. The molecule has 2 unspecified atom stereocenters. The van der Waals surface area contributed by atoms with Crippen LogP contribution in [0.3, 0.4) is 0 Å². The average Bonchev–Trinajstić information content (AvgIpc) is 3.15. The highest BCUT2D eigenvalue weighted by Gasteiger charge is 2.28. The molecule has 0 radical (unpaired) electrons. The maximum atomic E-state index is 13.0. The van der Waals surface area contributed by atoms with Gasteiger partial charge < -0.3 is 10.4 Å². The Labute approximate surface area is 136 Å². The van der Waals surface area contributed by atoms with Crippen LogP contribution in [0.4, 0.5) is 4.39 Å². The molecule has 3 rings (SSSR count). The molecule has 8 nitrogen and oxygen atoms in total. The van der Waals surface area contributed by atoms with Gasteiger partial charge in [0.2, 0.25) is 0 Å². The third-order valence-corrected chi connectivity index (χ3v) is 3.76. The zero-order valence-corrected chi connectivity index (χ0v) is 12.8. The third kappa shape index (κ3) is 3.26. The molecule has 0 saturated carbocycles. The van der Waals surface area contributed by atoms with Crippen LogP contribution in [0.1, 0.15) is 38.9 Å². The monoisotopic (exact) mass is 333 g/mol. The van der Waals surface area contributed by atoms with Crippen molar-refractivity contribution in [2.24, 2.45) is 7.05 Å². The number of aromatic nitrogens is 2. The molecule has 1 aliphatic rings. The van der Waals surface area contributed by atoms with E-state index < -0.39 is 18.0 Å². The van der Waals surface area contributed by atoms with Crippen molar-refractivity contribution in [3.63, 3.8) is 0 Å². The molecule has 0 spiro atoms. The Hall–Kier alpha value is -2.78. The Morgan fingerprint density at radius 2 is 2.04 bits per heavy atom. The highest BCUT2D eigenvalue weighted by atomic mass is 19.1. The van der Waals surface area contributed by atoms with Crippen molar-refractivity contribution in [3.05, 3.63) is 53.1 Å². The number of carbonyl (C=O) groups excluding carboxylic acids is 1. The van der Waals surface area contributed by atoms with E-state index in [1.54, 1.807) is 19.2 Å². The van der Waals surface area contributed by atoms with Crippen LogP contribution in [0.15, 0.2) is 30.5 Å². The molecule has 1 aliphatic heterocycles. The number of rotatable bonds is 4. The molecular weight excluding hydrogens is 317 g/mol. The van der Waals surface area contributed by atoms with Crippen LogP contribution < -0.4 is 16.2 Å². The molecule has 1 aromatic heterocycles. The maximum Gasteiger partial charge on any atom is 0.339 e. The first-order valence-corrected chi connectivity index (χ1v) is 7.28. The maximum absolute atomic E-state index is 13.0. The highest BCUT2D eigenvalue weighted by molar-refractivity contribution is 6.03. The van der Waals surface area contributed by atoms with Crippen LogP contribution in [0.5, 0.6) is 0 Å². The minimum atomic E-state index is -1.21. The number of aryl methyl sites for hydroxylation is 1. The zero-order valence-electron chi connectivity index (χ0n) is 12.8. The van der Waals surface area contributed by atoms with Crippen molar-refractivity contribution < 1.29 is 19.1 Å².